The Morgan fingerprint density at radius 2 is 1.81 bits per heavy atom. The zero-order chi connectivity index (χ0) is 22.2. The Bertz CT molecular complexity index is 665. The Kier molecular flexibility index (Phi) is 6.75. The van der Waals surface area contributed by atoms with Gasteiger partial charge in [0.1, 0.15) is 0 Å². The lowest BCUT2D eigenvalue weighted by molar-refractivity contribution is -0.143. The fraction of sp³-hybridized carbons (Fsp3) is 0.926. The van der Waals surface area contributed by atoms with Crippen molar-refractivity contribution in [3.05, 3.63) is 0 Å². The van der Waals surface area contributed by atoms with Crippen LogP contribution in [0.4, 0.5) is 0 Å². The molecule has 0 saturated heterocycles. The molecule has 0 radical (unpaired) electrons. The third-order valence-corrected chi connectivity index (χ3v) is 10.8. The van der Waals surface area contributed by atoms with Crippen LogP contribution in [0, 0.1) is 46.3 Å². The highest BCUT2D eigenvalue weighted by Gasteiger charge is 2.60. The monoisotopic (exact) mass is 431 g/mol. The molecule has 4 nitrogen and oxygen atoms in total. The van der Waals surface area contributed by atoms with Crippen molar-refractivity contribution < 1.29 is 14.3 Å². The van der Waals surface area contributed by atoms with Gasteiger partial charge in [-0.15, -0.1) is 0 Å². The first-order valence-corrected chi connectivity index (χ1v) is 13.2. The summed E-state index contributed by atoms with van der Waals surface area (Å²) in [5.74, 6) is 4.74. The van der Waals surface area contributed by atoms with Crippen LogP contribution in [-0.4, -0.2) is 25.0 Å². The molecule has 0 aromatic heterocycles. The maximum Gasteiger partial charge on any atom is 0.305 e. The fourth-order valence-corrected chi connectivity index (χ4v) is 9.26. The van der Waals surface area contributed by atoms with E-state index >= 15 is 0 Å². The molecule has 0 aromatic carbocycles. The zero-order valence-corrected chi connectivity index (χ0v) is 20.3. The maximum atomic E-state index is 11.9. The van der Waals surface area contributed by atoms with Gasteiger partial charge in [-0.25, -0.2) is 0 Å². The van der Waals surface area contributed by atoms with Gasteiger partial charge in [-0.05, 0) is 117 Å². The maximum absolute atomic E-state index is 11.9. The summed E-state index contributed by atoms with van der Waals surface area (Å²) in [7, 11) is 0. The highest BCUT2D eigenvalue weighted by atomic mass is 16.5. The zero-order valence-electron chi connectivity index (χ0n) is 20.3. The van der Waals surface area contributed by atoms with E-state index in [4.69, 9.17) is 4.74 Å². The second-order valence-corrected chi connectivity index (χ2v) is 12.0. The summed E-state index contributed by atoms with van der Waals surface area (Å²) in [4.78, 5) is 22.9. The van der Waals surface area contributed by atoms with Gasteiger partial charge < -0.3 is 10.1 Å². The Labute approximate surface area is 189 Å². The normalized spacial score (nSPS) is 45.0. The van der Waals surface area contributed by atoms with Gasteiger partial charge in [0.05, 0.1) is 6.61 Å². The SMILES string of the molecule is CCOC(=O)CC[C@@H](C)[C@H]1CC[C@H]2[C@@H]3CC[C@@H]4C[C@H](NC=O)CC[C@]4(C)[C@H]3CC[C@]12C. The molecular weight excluding hydrogens is 386 g/mol. The van der Waals surface area contributed by atoms with Gasteiger partial charge in [0.15, 0.2) is 0 Å². The van der Waals surface area contributed by atoms with Crippen LogP contribution in [-0.2, 0) is 14.3 Å². The fourth-order valence-electron chi connectivity index (χ4n) is 9.26. The predicted octanol–water partition coefficient (Wildman–Crippen LogP) is 5.74. The largest absolute Gasteiger partial charge is 0.466 e. The molecule has 0 spiro atoms. The number of rotatable bonds is 7. The number of hydrogen-bond donors (Lipinski definition) is 1. The number of esters is 1. The van der Waals surface area contributed by atoms with Crippen LogP contribution in [0.5, 0.6) is 0 Å². The van der Waals surface area contributed by atoms with Crippen LogP contribution < -0.4 is 5.32 Å². The summed E-state index contributed by atoms with van der Waals surface area (Å²) in [5.41, 5.74) is 0.924. The summed E-state index contributed by atoms with van der Waals surface area (Å²) < 4.78 is 5.18. The second-order valence-electron chi connectivity index (χ2n) is 12.0. The van der Waals surface area contributed by atoms with Gasteiger partial charge in [-0.3, -0.25) is 9.59 Å². The summed E-state index contributed by atoms with van der Waals surface area (Å²) in [6.07, 6.45) is 14.3. The molecule has 31 heavy (non-hydrogen) atoms. The van der Waals surface area contributed by atoms with Gasteiger partial charge in [0, 0.05) is 12.5 Å². The molecule has 0 heterocycles. The van der Waals surface area contributed by atoms with Crippen molar-refractivity contribution in [3.63, 3.8) is 0 Å². The predicted molar refractivity (Wildman–Crippen MR) is 123 cm³/mol. The topological polar surface area (TPSA) is 55.4 Å². The third kappa shape index (κ3) is 4.06. The molecular formula is C27H45NO3. The Hall–Kier alpha value is -1.06. The number of fused-ring (bicyclic) bond motifs is 5. The van der Waals surface area contributed by atoms with Gasteiger partial charge in [-0.2, -0.15) is 0 Å². The quantitative estimate of drug-likeness (QED) is 0.413. The molecule has 1 N–H and O–H groups in total. The molecule has 4 aliphatic rings. The molecule has 4 heteroatoms. The number of carbonyl (C=O) groups is 2. The van der Waals surface area contributed by atoms with E-state index in [0.29, 0.717) is 35.8 Å². The minimum Gasteiger partial charge on any atom is -0.466 e. The van der Waals surface area contributed by atoms with E-state index in [9.17, 15) is 9.59 Å². The van der Waals surface area contributed by atoms with Crippen molar-refractivity contribution in [1.82, 2.24) is 5.32 Å². The van der Waals surface area contributed by atoms with Crippen molar-refractivity contribution in [2.75, 3.05) is 6.61 Å². The molecule has 1 amide bonds. The van der Waals surface area contributed by atoms with Crippen molar-refractivity contribution in [2.24, 2.45) is 46.3 Å². The molecule has 0 unspecified atom stereocenters. The van der Waals surface area contributed by atoms with Crippen LogP contribution in [0.15, 0.2) is 0 Å². The van der Waals surface area contributed by atoms with E-state index in [1.165, 1.54) is 51.4 Å². The first-order chi connectivity index (χ1) is 14.8. The average Bonchev–Trinajstić information content (AvgIpc) is 3.10. The van der Waals surface area contributed by atoms with E-state index in [1.807, 2.05) is 6.92 Å². The molecule has 0 bridgehead atoms. The van der Waals surface area contributed by atoms with E-state index in [-0.39, 0.29) is 5.97 Å². The molecule has 0 aromatic rings. The Balaban J connectivity index is 1.43. The lowest BCUT2D eigenvalue weighted by Crippen LogP contribution is -2.55. The summed E-state index contributed by atoms with van der Waals surface area (Å²) in [6, 6.07) is 0.400. The minimum atomic E-state index is -0.0244. The van der Waals surface area contributed by atoms with Crippen LogP contribution in [0.3, 0.4) is 0 Å². The van der Waals surface area contributed by atoms with Gasteiger partial charge in [0.2, 0.25) is 6.41 Å². The van der Waals surface area contributed by atoms with Gasteiger partial charge in [0.25, 0.3) is 0 Å². The molecule has 4 aliphatic carbocycles. The first kappa shape index (κ1) is 23.1. The van der Waals surface area contributed by atoms with Crippen molar-refractivity contribution in [3.8, 4) is 0 Å². The van der Waals surface area contributed by atoms with E-state index in [1.54, 1.807) is 0 Å². The van der Waals surface area contributed by atoms with Crippen molar-refractivity contribution in [2.45, 2.75) is 104 Å². The first-order valence-electron chi connectivity index (χ1n) is 13.2. The van der Waals surface area contributed by atoms with E-state index < -0.39 is 0 Å². The lowest BCUT2D eigenvalue weighted by Gasteiger charge is -2.61. The molecule has 4 rings (SSSR count). The lowest BCUT2D eigenvalue weighted by atomic mass is 9.44. The van der Waals surface area contributed by atoms with Crippen LogP contribution >= 0.6 is 0 Å². The number of ether oxygens (including phenoxy) is 1. The number of nitrogens with one attached hydrogen (secondary N) is 1. The molecule has 176 valence electrons. The van der Waals surface area contributed by atoms with Crippen LogP contribution in [0.25, 0.3) is 0 Å². The van der Waals surface area contributed by atoms with Gasteiger partial charge >= 0.3 is 5.97 Å². The molecule has 4 saturated carbocycles. The molecule has 9 atom stereocenters. The van der Waals surface area contributed by atoms with Crippen molar-refractivity contribution >= 4 is 12.4 Å². The van der Waals surface area contributed by atoms with Crippen molar-refractivity contribution in [1.29, 1.82) is 0 Å². The highest BCUT2D eigenvalue weighted by molar-refractivity contribution is 5.69. The second kappa shape index (κ2) is 9.06. The summed E-state index contributed by atoms with van der Waals surface area (Å²) in [6.45, 7) is 9.98. The smallest absolute Gasteiger partial charge is 0.305 e. The molecule has 4 fully saturated rings. The molecule has 0 aliphatic heterocycles. The standard InChI is InChI=1S/C27H45NO3/c1-5-31-25(30)11-6-18(2)22-9-10-23-21-8-7-19-16-20(28-17-29)12-14-26(19,3)24(21)13-15-27(22,23)4/h17-24H,5-16H2,1-4H3,(H,28,29)/t18-,19-,20-,21+,22-,23+,24+,26+,27-/m1/s1. The van der Waals surface area contributed by atoms with E-state index in [2.05, 4.69) is 26.1 Å². The van der Waals surface area contributed by atoms with E-state index in [0.717, 1.165) is 48.8 Å². The minimum absolute atomic E-state index is 0.0244. The van der Waals surface area contributed by atoms with Crippen LogP contribution in [0.2, 0.25) is 0 Å². The number of amides is 1. The summed E-state index contributed by atoms with van der Waals surface area (Å²) in [5, 5.41) is 3.08. The van der Waals surface area contributed by atoms with Crippen LogP contribution in [0.1, 0.15) is 98.3 Å². The summed E-state index contributed by atoms with van der Waals surface area (Å²) >= 11 is 0. The highest BCUT2D eigenvalue weighted by Crippen LogP contribution is 2.68. The Morgan fingerprint density at radius 1 is 1.06 bits per heavy atom. The van der Waals surface area contributed by atoms with Gasteiger partial charge in [-0.1, -0.05) is 20.8 Å². The third-order valence-electron chi connectivity index (χ3n) is 10.8. The number of hydrogen-bond acceptors (Lipinski definition) is 3. The average molecular weight is 432 g/mol. The number of carbonyl (C=O) groups excluding carboxylic acids is 2. The Morgan fingerprint density at radius 3 is 2.55 bits per heavy atom.